The maximum atomic E-state index is 11.7. The van der Waals surface area contributed by atoms with E-state index in [1.807, 2.05) is 6.08 Å². The van der Waals surface area contributed by atoms with Crippen LogP contribution in [0.4, 0.5) is 0 Å². The molecular formula is C24H42O4. The van der Waals surface area contributed by atoms with Gasteiger partial charge in [0.25, 0.3) is 0 Å². The molecule has 0 saturated heterocycles. The Kier molecular flexibility index (Phi) is 15.7. The van der Waals surface area contributed by atoms with Crippen molar-refractivity contribution in [3.8, 4) is 0 Å². The first kappa shape index (κ1) is 24.7. The van der Waals surface area contributed by atoms with E-state index in [0.29, 0.717) is 32.0 Å². The molecule has 0 spiro atoms. The van der Waals surface area contributed by atoms with Crippen LogP contribution in [0.3, 0.4) is 0 Å². The second kappa shape index (κ2) is 17.8. The Morgan fingerprint density at radius 3 is 2.14 bits per heavy atom. The van der Waals surface area contributed by atoms with Crippen LogP contribution in [0.15, 0.2) is 12.2 Å². The van der Waals surface area contributed by atoms with E-state index in [1.54, 1.807) is 0 Å². The van der Waals surface area contributed by atoms with E-state index in [-0.39, 0.29) is 18.4 Å². The Hall–Kier alpha value is -1.32. The Morgan fingerprint density at radius 2 is 1.43 bits per heavy atom. The minimum Gasteiger partial charge on any atom is -0.465 e. The first-order chi connectivity index (χ1) is 13.7. The molecule has 0 radical (unpaired) electrons. The number of hydrogen-bond donors (Lipinski definition) is 0. The lowest BCUT2D eigenvalue weighted by molar-refractivity contribution is -0.146. The van der Waals surface area contributed by atoms with Gasteiger partial charge < -0.3 is 9.47 Å². The Morgan fingerprint density at radius 1 is 0.786 bits per heavy atom. The van der Waals surface area contributed by atoms with E-state index in [4.69, 9.17) is 9.47 Å². The lowest BCUT2D eigenvalue weighted by atomic mass is 9.90. The Labute approximate surface area is 172 Å². The van der Waals surface area contributed by atoms with Gasteiger partial charge in [-0.15, -0.1) is 0 Å². The van der Waals surface area contributed by atoms with Crippen molar-refractivity contribution in [1.82, 2.24) is 0 Å². The Balaban J connectivity index is 1.88. The number of rotatable bonds is 16. The van der Waals surface area contributed by atoms with Crippen LogP contribution in [0, 0.1) is 5.92 Å². The summed E-state index contributed by atoms with van der Waals surface area (Å²) in [7, 11) is 0. The lowest BCUT2D eigenvalue weighted by Gasteiger charge is -2.20. The van der Waals surface area contributed by atoms with Gasteiger partial charge in [-0.05, 0) is 38.0 Å². The third kappa shape index (κ3) is 14.7. The lowest BCUT2D eigenvalue weighted by Crippen LogP contribution is -2.16. The molecule has 1 aliphatic carbocycles. The van der Waals surface area contributed by atoms with Crippen LogP contribution in [0.25, 0.3) is 0 Å². The number of esters is 2. The quantitative estimate of drug-likeness (QED) is 0.170. The molecule has 0 atom stereocenters. The van der Waals surface area contributed by atoms with E-state index in [2.05, 4.69) is 13.0 Å². The standard InChI is InChI=1S/C24H42O4/c1-2-3-4-5-6-7-8-9-10-14-20-27-23(25)18-15-19-24(26)28-21-22-16-12-11-13-17-22/h10,14,22H,2-9,11-13,15-21H2,1H3/b14-10+. The van der Waals surface area contributed by atoms with E-state index in [1.165, 1.54) is 77.0 Å². The summed E-state index contributed by atoms with van der Waals surface area (Å²) in [5.41, 5.74) is 0. The fourth-order valence-electron chi connectivity index (χ4n) is 3.63. The SMILES string of the molecule is CCCCCCCCC/C=C/COC(=O)CCCC(=O)OCC1CCCCC1. The average molecular weight is 395 g/mol. The van der Waals surface area contributed by atoms with Crippen molar-refractivity contribution in [1.29, 1.82) is 0 Å². The van der Waals surface area contributed by atoms with Gasteiger partial charge in [0.1, 0.15) is 6.61 Å². The van der Waals surface area contributed by atoms with E-state index in [9.17, 15) is 9.59 Å². The molecule has 0 aliphatic heterocycles. The highest BCUT2D eigenvalue weighted by molar-refractivity contribution is 5.72. The molecule has 1 rings (SSSR count). The zero-order chi connectivity index (χ0) is 20.3. The van der Waals surface area contributed by atoms with Crippen molar-refractivity contribution in [3.05, 3.63) is 12.2 Å². The molecule has 0 heterocycles. The van der Waals surface area contributed by atoms with Gasteiger partial charge in [0.15, 0.2) is 0 Å². The maximum Gasteiger partial charge on any atom is 0.306 e. The van der Waals surface area contributed by atoms with Crippen molar-refractivity contribution in [3.63, 3.8) is 0 Å². The van der Waals surface area contributed by atoms with Crippen LogP contribution in [0.2, 0.25) is 0 Å². The van der Waals surface area contributed by atoms with Crippen LogP contribution < -0.4 is 0 Å². The summed E-state index contributed by atoms with van der Waals surface area (Å²) in [5.74, 6) is 0.115. The smallest absolute Gasteiger partial charge is 0.306 e. The molecule has 0 unspecified atom stereocenters. The van der Waals surface area contributed by atoms with Gasteiger partial charge in [-0.2, -0.15) is 0 Å². The minimum atomic E-state index is -0.236. The highest BCUT2D eigenvalue weighted by Gasteiger charge is 2.15. The summed E-state index contributed by atoms with van der Waals surface area (Å²) in [6, 6.07) is 0. The fraction of sp³-hybridized carbons (Fsp3) is 0.833. The summed E-state index contributed by atoms with van der Waals surface area (Å²) in [6.07, 6.45) is 21.5. The number of ether oxygens (including phenoxy) is 2. The second-order valence-corrected chi connectivity index (χ2v) is 8.11. The summed E-state index contributed by atoms with van der Waals surface area (Å²) in [4.78, 5) is 23.4. The van der Waals surface area contributed by atoms with E-state index in [0.717, 1.165) is 6.42 Å². The highest BCUT2D eigenvalue weighted by Crippen LogP contribution is 2.23. The van der Waals surface area contributed by atoms with Gasteiger partial charge in [0.05, 0.1) is 6.61 Å². The Bertz CT molecular complexity index is 424. The van der Waals surface area contributed by atoms with Crippen molar-refractivity contribution >= 4 is 11.9 Å². The van der Waals surface area contributed by atoms with Crippen LogP contribution in [-0.4, -0.2) is 25.2 Å². The van der Waals surface area contributed by atoms with Crippen molar-refractivity contribution in [2.45, 2.75) is 110 Å². The molecule has 162 valence electrons. The van der Waals surface area contributed by atoms with Crippen LogP contribution >= 0.6 is 0 Å². The first-order valence-corrected chi connectivity index (χ1v) is 11.7. The summed E-state index contributed by atoms with van der Waals surface area (Å²) in [6.45, 7) is 3.12. The predicted octanol–water partition coefficient (Wildman–Crippen LogP) is 6.52. The first-order valence-electron chi connectivity index (χ1n) is 11.7. The van der Waals surface area contributed by atoms with Gasteiger partial charge in [-0.3, -0.25) is 9.59 Å². The zero-order valence-electron chi connectivity index (χ0n) is 18.1. The summed E-state index contributed by atoms with van der Waals surface area (Å²) >= 11 is 0. The van der Waals surface area contributed by atoms with Crippen LogP contribution in [0.1, 0.15) is 110 Å². The fourth-order valence-corrected chi connectivity index (χ4v) is 3.63. The molecule has 0 aromatic rings. The molecule has 4 heteroatoms. The van der Waals surface area contributed by atoms with Crippen molar-refractivity contribution in [2.75, 3.05) is 13.2 Å². The molecule has 1 aliphatic rings. The molecule has 0 amide bonds. The normalized spacial score (nSPS) is 15.0. The van der Waals surface area contributed by atoms with Crippen molar-refractivity contribution in [2.24, 2.45) is 5.92 Å². The van der Waals surface area contributed by atoms with Gasteiger partial charge in [-0.25, -0.2) is 0 Å². The van der Waals surface area contributed by atoms with E-state index < -0.39 is 0 Å². The van der Waals surface area contributed by atoms with Gasteiger partial charge in [-0.1, -0.05) is 76.9 Å². The summed E-state index contributed by atoms with van der Waals surface area (Å²) < 4.78 is 10.5. The molecule has 0 aromatic carbocycles. The number of allylic oxidation sites excluding steroid dienone is 1. The molecular weight excluding hydrogens is 352 g/mol. The third-order valence-electron chi connectivity index (χ3n) is 5.45. The molecule has 1 saturated carbocycles. The van der Waals surface area contributed by atoms with Gasteiger partial charge in [0, 0.05) is 12.8 Å². The molecule has 1 fully saturated rings. The highest BCUT2D eigenvalue weighted by atomic mass is 16.5. The molecule has 28 heavy (non-hydrogen) atoms. The topological polar surface area (TPSA) is 52.6 Å². The summed E-state index contributed by atoms with van der Waals surface area (Å²) in [5, 5.41) is 0. The number of hydrogen-bond acceptors (Lipinski definition) is 4. The van der Waals surface area contributed by atoms with Gasteiger partial charge >= 0.3 is 11.9 Å². The monoisotopic (exact) mass is 394 g/mol. The average Bonchev–Trinajstić information content (AvgIpc) is 2.71. The largest absolute Gasteiger partial charge is 0.465 e. The zero-order valence-corrected chi connectivity index (χ0v) is 18.1. The molecule has 0 aromatic heterocycles. The van der Waals surface area contributed by atoms with Crippen LogP contribution in [0.5, 0.6) is 0 Å². The number of carbonyl (C=O) groups excluding carboxylic acids is 2. The molecule has 4 nitrogen and oxygen atoms in total. The van der Waals surface area contributed by atoms with Gasteiger partial charge in [0.2, 0.25) is 0 Å². The number of carbonyl (C=O) groups is 2. The minimum absolute atomic E-state index is 0.187. The maximum absolute atomic E-state index is 11.7. The third-order valence-corrected chi connectivity index (χ3v) is 5.45. The van der Waals surface area contributed by atoms with Crippen LogP contribution in [-0.2, 0) is 19.1 Å². The number of unbranched alkanes of at least 4 members (excludes halogenated alkanes) is 7. The second-order valence-electron chi connectivity index (χ2n) is 8.11. The van der Waals surface area contributed by atoms with E-state index >= 15 is 0 Å². The molecule has 0 bridgehead atoms. The predicted molar refractivity (Wildman–Crippen MR) is 114 cm³/mol. The van der Waals surface area contributed by atoms with Crippen molar-refractivity contribution < 1.29 is 19.1 Å². The molecule has 0 N–H and O–H groups in total.